The molecule has 1 fully saturated rings. The van der Waals surface area contributed by atoms with Gasteiger partial charge in [-0.25, -0.2) is 0 Å². The van der Waals surface area contributed by atoms with Gasteiger partial charge in [0.15, 0.2) is 0 Å². The third-order valence-electron chi connectivity index (χ3n) is 4.14. The molecule has 2 rings (SSSR count). The topological polar surface area (TPSA) is 40.5 Å². The van der Waals surface area contributed by atoms with Crippen LogP contribution in [0.4, 0.5) is 0 Å². The maximum Gasteiger partial charge on any atom is 0.310 e. The first-order valence-corrected chi connectivity index (χ1v) is 7.73. The second-order valence-corrected chi connectivity index (χ2v) is 6.91. The van der Waals surface area contributed by atoms with Gasteiger partial charge < -0.3 is 5.11 Å². The highest BCUT2D eigenvalue weighted by Gasteiger charge is 2.39. The third-order valence-corrected chi connectivity index (χ3v) is 4.86. The first-order chi connectivity index (χ1) is 8.92. The van der Waals surface area contributed by atoms with Crippen LogP contribution < -0.4 is 0 Å². The minimum Gasteiger partial charge on any atom is -0.481 e. The fourth-order valence-electron chi connectivity index (χ4n) is 2.74. The van der Waals surface area contributed by atoms with Crippen LogP contribution in [0.5, 0.6) is 0 Å². The van der Waals surface area contributed by atoms with Crippen LogP contribution in [0.1, 0.15) is 38.3 Å². The van der Waals surface area contributed by atoms with E-state index in [1.165, 1.54) is 9.13 Å². The van der Waals surface area contributed by atoms with Crippen LogP contribution in [0.2, 0.25) is 0 Å². The van der Waals surface area contributed by atoms with Crippen molar-refractivity contribution in [1.82, 2.24) is 4.90 Å². The van der Waals surface area contributed by atoms with Crippen LogP contribution in [-0.2, 0) is 4.79 Å². The van der Waals surface area contributed by atoms with E-state index in [0.29, 0.717) is 6.54 Å². The number of benzene rings is 1. The molecule has 1 aromatic rings. The number of carboxylic acid groups (broad SMARTS) is 1. The Morgan fingerprint density at radius 3 is 2.63 bits per heavy atom. The first kappa shape index (κ1) is 14.8. The quantitative estimate of drug-likeness (QED) is 0.824. The van der Waals surface area contributed by atoms with E-state index in [1.807, 2.05) is 6.92 Å². The SMILES string of the molecule is CC(c1ccc(I)cc1)N1CCCC(C)(C(=O)O)C1. The molecule has 0 amide bonds. The summed E-state index contributed by atoms with van der Waals surface area (Å²) in [5.41, 5.74) is 0.658. The van der Waals surface area contributed by atoms with Crippen molar-refractivity contribution >= 4 is 28.6 Å². The molecule has 1 saturated heterocycles. The van der Waals surface area contributed by atoms with E-state index >= 15 is 0 Å². The van der Waals surface area contributed by atoms with Gasteiger partial charge in [-0.2, -0.15) is 0 Å². The van der Waals surface area contributed by atoms with Crippen molar-refractivity contribution in [3.63, 3.8) is 0 Å². The van der Waals surface area contributed by atoms with Gasteiger partial charge in [0, 0.05) is 16.2 Å². The molecule has 1 aliphatic heterocycles. The molecule has 1 aromatic carbocycles. The number of carboxylic acids is 1. The van der Waals surface area contributed by atoms with E-state index in [2.05, 4.69) is 58.7 Å². The molecule has 4 heteroatoms. The van der Waals surface area contributed by atoms with E-state index < -0.39 is 11.4 Å². The average molecular weight is 373 g/mol. The maximum absolute atomic E-state index is 11.4. The second-order valence-electron chi connectivity index (χ2n) is 5.67. The lowest BCUT2D eigenvalue weighted by Crippen LogP contribution is -2.46. The minimum absolute atomic E-state index is 0.274. The number of piperidine rings is 1. The molecule has 19 heavy (non-hydrogen) atoms. The van der Waals surface area contributed by atoms with Gasteiger partial charge in [0.1, 0.15) is 0 Å². The summed E-state index contributed by atoms with van der Waals surface area (Å²) in [4.78, 5) is 13.7. The molecule has 2 unspecified atom stereocenters. The highest BCUT2D eigenvalue weighted by Crippen LogP contribution is 2.34. The molecule has 0 aliphatic carbocycles. The fraction of sp³-hybridized carbons (Fsp3) is 0.533. The Kier molecular flexibility index (Phi) is 4.50. The molecule has 1 heterocycles. The van der Waals surface area contributed by atoms with E-state index in [0.717, 1.165) is 19.4 Å². The summed E-state index contributed by atoms with van der Waals surface area (Å²) in [6, 6.07) is 8.76. The van der Waals surface area contributed by atoms with Crippen LogP contribution >= 0.6 is 22.6 Å². The molecule has 0 bridgehead atoms. The maximum atomic E-state index is 11.4. The van der Waals surface area contributed by atoms with E-state index in [9.17, 15) is 9.90 Å². The van der Waals surface area contributed by atoms with Gasteiger partial charge >= 0.3 is 5.97 Å². The Labute approximate surface area is 128 Å². The van der Waals surface area contributed by atoms with Gasteiger partial charge in [0.05, 0.1) is 5.41 Å². The summed E-state index contributed by atoms with van der Waals surface area (Å²) in [5, 5.41) is 9.38. The Morgan fingerprint density at radius 2 is 2.05 bits per heavy atom. The van der Waals surface area contributed by atoms with Crippen molar-refractivity contribution in [2.24, 2.45) is 5.41 Å². The van der Waals surface area contributed by atoms with E-state index in [-0.39, 0.29) is 6.04 Å². The monoisotopic (exact) mass is 373 g/mol. The number of halogens is 1. The van der Waals surface area contributed by atoms with Gasteiger partial charge in [0.25, 0.3) is 0 Å². The lowest BCUT2D eigenvalue weighted by Gasteiger charge is -2.40. The molecule has 3 nitrogen and oxygen atoms in total. The van der Waals surface area contributed by atoms with Gasteiger partial charge in [-0.15, -0.1) is 0 Å². The van der Waals surface area contributed by atoms with Crippen LogP contribution in [0, 0.1) is 8.99 Å². The number of aliphatic carboxylic acids is 1. The van der Waals surface area contributed by atoms with Gasteiger partial charge in [-0.05, 0) is 73.5 Å². The van der Waals surface area contributed by atoms with Gasteiger partial charge in [-0.3, -0.25) is 9.69 Å². The standard InChI is InChI=1S/C15H20INO2/c1-11(12-4-6-13(16)7-5-12)17-9-3-8-15(2,10-17)14(18)19/h4-7,11H,3,8-10H2,1-2H3,(H,18,19). The zero-order chi connectivity index (χ0) is 14.0. The lowest BCUT2D eigenvalue weighted by atomic mass is 9.81. The summed E-state index contributed by atoms with van der Waals surface area (Å²) >= 11 is 2.30. The van der Waals surface area contributed by atoms with Crippen molar-refractivity contribution in [3.05, 3.63) is 33.4 Å². The molecule has 0 aromatic heterocycles. The summed E-state index contributed by atoms with van der Waals surface area (Å²) in [7, 11) is 0. The number of carbonyl (C=O) groups is 1. The van der Waals surface area contributed by atoms with Crippen molar-refractivity contribution in [3.8, 4) is 0 Å². The molecule has 1 aliphatic rings. The summed E-state index contributed by atoms with van der Waals surface area (Å²) in [6.07, 6.45) is 1.73. The fourth-order valence-corrected chi connectivity index (χ4v) is 3.10. The lowest BCUT2D eigenvalue weighted by molar-refractivity contribution is -0.151. The Balaban J connectivity index is 2.13. The van der Waals surface area contributed by atoms with Gasteiger partial charge in [-0.1, -0.05) is 12.1 Å². The number of nitrogens with zero attached hydrogens (tertiary/aromatic N) is 1. The van der Waals surface area contributed by atoms with Crippen molar-refractivity contribution < 1.29 is 9.90 Å². The van der Waals surface area contributed by atoms with Crippen molar-refractivity contribution in [2.75, 3.05) is 13.1 Å². The number of likely N-dealkylation sites (tertiary alicyclic amines) is 1. The smallest absolute Gasteiger partial charge is 0.310 e. The summed E-state index contributed by atoms with van der Waals surface area (Å²) < 4.78 is 1.22. The van der Waals surface area contributed by atoms with E-state index in [1.54, 1.807) is 0 Å². The molecule has 1 N–H and O–H groups in total. The molecular weight excluding hydrogens is 353 g/mol. The molecular formula is C15H20INO2. The van der Waals surface area contributed by atoms with Crippen LogP contribution in [0.15, 0.2) is 24.3 Å². The number of rotatable bonds is 3. The predicted molar refractivity (Wildman–Crippen MR) is 84.1 cm³/mol. The van der Waals surface area contributed by atoms with Crippen LogP contribution in [-0.4, -0.2) is 29.1 Å². The number of hydrogen-bond acceptors (Lipinski definition) is 2. The molecule has 0 spiro atoms. The molecule has 0 saturated carbocycles. The molecule has 104 valence electrons. The second kappa shape index (κ2) is 5.79. The average Bonchev–Trinajstić information content (AvgIpc) is 2.39. The van der Waals surface area contributed by atoms with Crippen molar-refractivity contribution in [2.45, 2.75) is 32.7 Å². The van der Waals surface area contributed by atoms with Crippen molar-refractivity contribution in [1.29, 1.82) is 0 Å². The van der Waals surface area contributed by atoms with E-state index in [4.69, 9.17) is 0 Å². The Morgan fingerprint density at radius 1 is 1.42 bits per heavy atom. The normalized spacial score (nSPS) is 26.1. The Bertz CT molecular complexity index is 460. The number of hydrogen-bond donors (Lipinski definition) is 1. The molecule has 0 radical (unpaired) electrons. The molecule has 2 atom stereocenters. The van der Waals surface area contributed by atoms with Crippen LogP contribution in [0.25, 0.3) is 0 Å². The largest absolute Gasteiger partial charge is 0.481 e. The minimum atomic E-state index is -0.674. The predicted octanol–water partition coefficient (Wildman–Crippen LogP) is 3.54. The first-order valence-electron chi connectivity index (χ1n) is 6.65. The zero-order valence-electron chi connectivity index (χ0n) is 11.4. The summed E-state index contributed by atoms with van der Waals surface area (Å²) in [6.45, 7) is 5.64. The van der Waals surface area contributed by atoms with Crippen LogP contribution in [0.3, 0.4) is 0 Å². The third kappa shape index (κ3) is 3.28. The summed E-state index contributed by atoms with van der Waals surface area (Å²) in [5.74, 6) is -0.674. The highest BCUT2D eigenvalue weighted by molar-refractivity contribution is 14.1. The zero-order valence-corrected chi connectivity index (χ0v) is 13.6. The van der Waals surface area contributed by atoms with Gasteiger partial charge in [0.2, 0.25) is 0 Å². The highest BCUT2D eigenvalue weighted by atomic mass is 127. The Hall–Kier alpha value is -0.620.